The molecule has 6 nitrogen and oxygen atoms in total. The predicted molar refractivity (Wildman–Crippen MR) is 91.0 cm³/mol. The first-order valence-corrected chi connectivity index (χ1v) is 7.58. The Morgan fingerprint density at radius 3 is 2.87 bits per heavy atom. The van der Waals surface area contributed by atoms with Crippen LogP contribution in [-0.2, 0) is 0 Å². The van der Waals surface area contributed by atoms with Crippen LogP contribution in [0.15, 0.2) is 63.0 Å². The van der Waals surface area contributed by atoms with E-state index in [1.54, 1.807) is 36.7 Å². The zero-order valence-electron chi connectivity index (χ0n) is 11.7. The van der Waals surface area contributed by atoms with E-state index in [1.807, 2.05) is 6.07 Å². The van der Waals surface area contributed by atoms with Gasteiger partial charge in [0.2, 0.25) is 0 Å². The van der Waals surface area contributed by atoms with E-state index in [0.717, 1.165) is 14.4 Å². The summed E-state index contributed by atoms with van der Waals surface area (Å²) in [7, 11) is 0. The van der Waals surface area contributed by atoms with Crippen molar-refractivity contribution in [2.45, 2.75) is 0 Å². The van der Waals surface area contributed by atoms with Crippen molar-refractivity contribution in [2.75, 3.05) is 0 Å². The first-order chi connectivity index (χ1) is 11.1. The number of H-pyrrole nitrogens is 1. The summed E-state index contributed by atoms with van der Waals surface area (Å²) in [5.74, 6) is 0. The number of aromatic nitrogens is 4. The molecule has 7 heteroatoms. The molecule has 4 rings (SSSR count). The third kappa shape index (κ3) is 2.17. The van der Waals surface area contributed by atoms with Gasteiger partial charge in [-0.05, 0) is 30.3 Å². The minimum atomic E-state index is -0.527. The van der Waals surface area contributed by atoms with Gasteiger partial charge >= 0.3 is 5.69 Å². The highest BCUT2D eigenvalue weighted by Gasteiger charge is 2.13. The number of aromatic amines is 1. The first-order valence-electron chi connectivity index (χ1n) is 6.79. The zero-order chi connectivity index (χ0) is 16.0. The van der Waals surface area contributed by atoms with Gasteiger partial charge < -0.3 is 4.98 Å². The predicted octanol–water partition coefficient (Wildman–Crippen LogP) is 2.38. The van der Waals surface area contributed by atoms with Crippen LogP contribution in [0.1, 0.15) is 0 Å². The maximum Gasteiger partial charge on any atom is 0.333 e. The van der Waals surface area contributed by atoms with E-state index >= 15 is 0 Å². The third-order valence-electron chi connectivity index (χ3n) is 3.59. The normalized spacial score (nSPS) is 11.2. The van der Waals surface area contributed by atoms with Crippen molar-refractivity contribution in [3.8, 4) is 5.69 Å². The summed E-state index contributed by atoms with van der Waals surface area (Å²) in [6.07, 6.45) is 4.73. The van der Waals surface area contributed by atoms with Crippen molar-refractivity contribution in [3.63, 3.8) is 0 Å². The van der Waals surface area contributed by atoms with Crippen LogP contribution >= 0.6 is 15.9 Å². The van der Waals surface area contributed by atoms with Crippen molar-refractivity contribution in [3.05, 3.63) is 74.2 Å². The number of halogens is 1. The van der Waals surface area contributed by atoms with Crippen LogP contribution in [0, 0.1) is 0 Å². The molecule has 3 heterocycles. The standard InChI is InChI=1S/C16H9BrN4O2/c17-10-3-4-11-12(6-10)20-16(23)21(15(11)22)13-8-18-7-9-2-1-5-19-14(9)13/h1-8H,(H,20,23). The molecule has 0 saturated heterocycles. The maximum atomic E-state index is 12.8. The Hall–Kier alpha value is -2.80. The second kappa shape index (κ2) is 5.13. The quantitative estimate of drug-likeness (QED) is 0.559. The molecule has 23 heavy (non-hydrogen) atoms. The van der Waals surface area contributed by atoms with Crippen LogP contribution < -0.4 is 11.2 Å². The molecule has 0 aliphatic rings. The second-order valence-corrected chi connectivity index (χ2v) is 5.91. The van der Waals surface area contributed by atoms with Crippen LogP contribution in [0.25, 0.3) is 27.5 Å². The van der Waals surface area contributed by atoms with E-state index in [0.29, 0.717) is 22.1 Å². The molecule has 0 atom stereocenters. The number of benzene rings is 1. The average molecular weight is 369 g/mol. The number of nitrogens with zero attached hydrogens (tertiary/aromatic N) is 3. The number of hydrogen-bond donors (Lipinski definition) is 1. The molecule has 0 aliphatic heterocycles. The van der Waals surface area contributed by atoms with Crippen molar-refractivity contribution in [2.24, 2.45) is 0 Å². The highest BCUT2D eigenvalue weighted by Crippen LogP contribution is 2.18. The summed E-state index contributed by atoms with van der Waals surface area (Å²) < 4.78 is 1.85. The zero-order valence-corrected chi connectivity index (χ0v) is 13.2. The van der Waals surface area contributed by atoms with Crippen molar-refractivity contribution < 1.29 is 0 Å². The van der Waals surface area contributed by atoms with Gasteiger partial charge in [0.05, 0.1) is 28.3 Å². The number of hydrogen-bond acceptors (Lipinski definition) is 4. The van der Waals surface area contributed by atoms with Gasteiger partial charge in [0.15, 0.2) is 0 Å². The Labute approximate surface area is 137 Å². The molecule has 0 amide bonds. The molecule has 0 unspecified atom stereocenters. The van der Waals surface area contributed by atoms with Crippen LogP contribution in [0.4, 0.5) is 0 Å². The lowest BCUT2D eigenvalue weighted by atomic mass is 10.2. The fraction of sp³-hybridized carbons (Fsp3) is 0. The second-order valence-electron chi connectivity index (χ2n) is 4.99. The molecule has 3 aromatic heterocycles. The summed E-state index contributed by atoms with van der Waals surface area (Å²) in [5, 5.41) is 1.17. The van der Waals surface area contributed by atoms with Gasteiger partial charge in [-0.15, -0.1) is 0 Å². The Balaban J connectivity index is 2.15. The molecule has 0 spiro atoms. The highest BCUT2D eigenvalue weighted by atomic mass is 79.9. The number of nitrogens with one attached hydrogen (secondary N) is 1. The minimum absolute atomic E-state index is 0.360. The maximum absolute atomic E-state index is 12.8. The Kier molecular flexibility index (Phi) is 3.09. The van der Waals surface area contributed by atoms with Gasteiger partial charge in [0, 0.05) is 22.3 Å². The molecule has 0 aliphatic carbocycles. The molecule has 0 bridgehead atoms. The lowest BCUT2D eigenvalue weighted by Crippen LogP contribution is -2.33. The van der Waals surface area contributed by atoms with Crippen molar-refractivity contribution in [1.29, 1.82) is 0 Å². The third-order valence-corrected chi connectivity index (χ3v) is 4.09. The van der Waals surface area contributed by atoms with Gasteiger partial charge in [-0.1, -0.05) is 15.9 Å². The number of fused-ring (bicyclic) bond motifs is 2. The number of rotatable bonds is 1. The monoisotopic (exact) mass is 368 g/mol. The molecular formula is C16H9BrN4O2. The SMILES string of the molecule is O=c1[nH]c2cc(Br)ccc2c(=O)n1-c1cncc2cccnc12. The number of pyridine rings is 2. The largest absolute Gasteiger partial charge is 0.333 e. The van der Waals surface area contributed by atoms with Gasteiger partial charge in [0.1, 0.15) is 0 Å². The van der Waals surface area contributed by atoms with E-state index < -0.39 is 11.2 Å². The highest BCUT2D eigenvalue weighted by molar-refractivity contribution is 9.10. The van der Waals surface area contributed by atoms with Gasteiger partial charge in [0.25, 0.3) is 5.56 Å². The van der Waals surface area contributed by atoms with Crippen LogP contribution in [0.2, 0.25) is 0 Å². The molecule has 1 aromatic carbocycles. The Morgan fingerprint density at radius 1 is 1.13 bits per heavy atom. The fourth-order valence-electron chi connectivity index (χ4n) is 2.56. The molecule has 0 fully saturated rings. The summed E-state index contributed by atoms with van der Waals surface area (Å²) in [5.41, 5.74) is 0.453. The van der Waals surface area contributed by atoms with Crippen molar-refractivity contribution >= 4 is 37.7 Å². The Morgan fingerprint density at radius 2 is 2.00 bits per heavy atom. The van der Waals surface area contributed by atoms with Gasteiger partial charge in [-0.2, -0.15) is 0 Å². The molecule has 1 N–H and O–H groups in total. The average Bonchev–Trinajstić information content (AvgIpc) is 2.54. The molecule has 112 valence electrons. The lowest BCUT2D eigenvalue weighted by Gasteiger charge is -2.08. The minimum Gasteiger partial charge on any atom is -0.306 e. The van der Waals surface area contributed by atoms with E-state index in [2.05, 4.69) is 30.9 Å². The first kappa shape index (κ1) is 13.8. The summed E-state index contributed by atoms with van der Waals surface area (Å²) in [6, 6.07) is 8.73. The van der Waals surface area contributed by atoms with E-state index in [1.165, 1.54) is 6.20 Å². The van der Waals surface area contributed by atoms with Crippen LogP contribution in [0.3, 0.4) is 0 Å². The van der Waals surface area contributed by atoms with E-state index in [-0.39, 0.29) is 0 Å². The van der Waals surface area contributed by atoms with Gasteiger partial charge in [-0.3, -0.25) is 14.8 Å². The van der Waals surface area contributed by atoms with E-state index in [4.69, 9.17) is 0 Å². The van der Waals surface area contributed by atoms with E-state index in [9.17, 15) is 9.59 Å². The summed E-state index contributed by atoms with van der Waals surface area (Å²) >= 11 is 3.33. The molecule has 0 radical (unpaired) electrons. The molecule has 0 saturated carbocycles. The Bertz CT molecular complexity index is 1170. The van der Waals surface area contributed by atoms with Crippen molar-refractivity contribution in [1.82, 2.24) is 19.5 Å². The smallest absolute Gasteiger partial charge is 0.306 e. The molecular weight excluding hydrogens is 360 g/mol. The topological polar surface area (TPSA) is 80.6 Å². The lowest BCUT2D eigenvalue weighted by molar-refractivity contribution is 0.899. The summed E-state index contributed by atoms with van der Waals surface area (Å²) in [6.45, 7) is 0. The van der Waals surface area contributed by atoms with Crippen LogP contribution in [0.5, 0.6) is 0 Å². The van der Waals surface area contributed by atoms with Crippen LogP contribution in [-0.4, -0.2) is 19.5 Å². The molecule has 4 aromatic rings. The summed E-state index contributed by atoms with van der Waals surface area (Å²) in [4.78, 5) is 36.3. The van der Waals surface area contributed by atoms with Gasteiger partial charge in [-0.25, -0.2) is 9.36 Å². The fourth-order valence-corrected chi connectivity index (χ4v) is 2.92.